The molecule has 69 valence electrons. The van der Waals surface area contributed by atoms with Gasteiger partial charge in [0.2, 0.25) is 0 Å². The number of carbonyl (C=O) groups excluding carboxylic acids is 1. The normalized spacial score (nSPS) is 10.3. The first kappa shape index (κ1) is 9.67. The molecular formula is C9H11N2O2. The van der Waals surface area contributed by atoms with Crippen LogP contribution in [0, 0.1) is 0 Å². The zero-order valence-corrected chi connectivity index (χ0v) is 7.43. The van der Waals surface area contributed by atoms with Crippen molar-refractivity contribution in [2.24, 2.45) is 0 Å². The number of hydrogen-bond acceptors (Lipinski definition) is 3. The number of rotatable bonds is 4. The van der Waals surface area contributed by atoms with Crippen LogP contribution in [0.2, 0.25) is 0 Å². The van der Waals surface area contributed by atoms with Gasteiger partial charge in [-0.25, -0.2) is 9.90 Å². The van der Waals surface area contributed by atoms with Gasteiger partial charge in [0.15, 0.2) is 0 Å². The molecule has 0 atom stereocenters. The summed E-state index contributed by atoms with van der Waals surface area (Å²) in [5.74, 6) is -1.07. The van der Waals surface area contributed by atoms with E-state index in [4.69, 9.17) is 0 Å². The van der Waals surface area contributed by atoms with E-state index in [9.17, 15) is 9.90 Å². The second-order valence-electron chi connectivity index (χ2n) is 2.87. The summed E-state index contributed by atoms with van der Waals surface area (Å²) in [6.07, 6.45) is 1.68. The van der Waals surface area contributed by atoms with Crippen molar-refractivity contribution in [3.63, 3.8) is 0 Å². The monoisotopic (exact) mass is 179 g/mol. The number of nitrogens with zero attached hydrogens (tertiary/aromatic N) is 2. The molecule has 0 amide bonds. The van der Waals surface area contributed by atoms with E-state index < -0.39 is 5.97 Å². The van der Waals surface area contributed by atoms with Crippen molar-refractivity contribution in [2.75, 3.05) is 13.6 Å². The van der Waals surface area contributed by atoms with Crippen LogP contribution in [-0.4, -0.2) is 29.4 Å². The van der Waals surface area contributed by atoms with Gasteiger partial charge in [-0.3, -0.25) is 9.88 Å². The first-order valence-electron chi connectivity index (χ1n) is 3.97. The van der Waals surface area contributed by atoms with E-state index in [0.717, 1.165) is 5.69 Å². The van der Waals surface area contributed by atoms with Crippen molar-refractivity contribution in [1.82, 2.24) is 9.88 Å². The van der Waals surface area contributed by atoms with E-state index in [-0.39, 0.29) is 6.54 Å². The number of likely N-dealkylation sites (N-methyl/N-ethyl adjacent to an activating group) is 1. The largest absolute Gasteiger partial charge is 0.369 e. The van der Waals surface area contributed by atoms with E-state index in [1.807, 2.05) is 18.2 Å². The summed E-state index contributed by atoms with van der Waals surface area (Å²) in [4.78, 5) is 15.9. The molecule has 0 aromatic carbocycles. The van der Waals surface area contributed by atoms with Crippen molar-refractivity contribution < 1.29 is 9.90 Å². The van der Waals surface area contributed by atoms with Crippen molar-refractivity contribution in [1.29, 1.82) is 0 Å². The minimum atomic E-state index is -1.07. The molecule has 0 saturated heterocycles. The molecule has 0 aliphatic heterocycles. The Balaban J connectivity index is 2.45. The molecule has 1 rings (SSSR count). The molecule has 1 heterocycles. The van der Waals surface area contributed by atoms with Crippen LogP contribution in [0.5, 0.6) is 0 Å². The molecule has 0 N–H and O–H groups in total. The third-order valence-electron chi connectivity index (χ3n) is 1.56. The van der Waals surface area contributed by atoms with Gasteiger partial charge in [0.1, 0.15) is 6.54 Å². The second kappa shape index (κ2) is 4.57. The Morgan fingerprint density at radius 2 is 2.31 bits per heavy atom. The topological polar surface area (TPSA) is 53.1 Å². The highest BCUT2D eigenvalue weighted by molar-refractivity contribution is 5.68. The van der Waals surface area contributed by atoms with Gasteiger partial charge >= 0.3 is 5.97 Å². The Kier molecular flexibility index (Phi) is 3.40. The second-order valence-corrected chi connectivity index (χ2v) is 2.87. The average molecular weight is 179 g/mol. The summed E-state index contributed by atoms with van der Waals surface area (Å²) in [5, 5.41) is 10.2. The van der Waals surface area contributed by atoms with Gasteiger partial charge in [0.25, 0.3) is 0 Å². The predicted octanol–water partition coefficient (Wildman–Crippen LogP) is 0.470. The third kappa shape index (κ3) is 3.66. The summed E-state index contributed by atoms with van der Waals surface area (Å²) in [6, 6.07) is 5.54. The lowest BCUT2D eigenvalue weighted by Gasteiger charge is -2.11. The van der Waals surface area contributed by atoms with Gasteiger partial charge in [-0.05, 0) is 19.2 Å². The molecule has 0 unspecified atom stereocenters. The summed E-state index contributed by atoms with van der Waals surface area (Å²) in [5.41, 5.74) is 0.853. The highest BCUT2D eigenvalue weighted by Crippen LogP contribution is 1.97. The minimum Gasteiger partial charge on any atom is -0.290 e. The van der Waals surface area contributed by atoms with E-state index in [0.29, 0.717) is 6.54 Å². The van der Waals surface area contributed by atoms with E-state index in [1.165, 1.54) is 0 Å². The highest BCUT2D eigenvalue weighted by Gasteiger charge is 2.06. The number of pyridine rings is 1. The van der Waals surface area contributed by atoms with Crippen molar-refractivity contribution in [2.45, 2.75) is 6.54 Å². The quantitative estimate of drug-likeness (QED) is 0.675. The van der Waals surface area contributed by atoms with Crippen molar-refractivity contribution in [3.05, 3.63) is 30.1 Å². The molecule has 0 saturated carbocycles. The Morgan fingerprint density at radius 3 is 2.85 bits per heavy atom. The van der Waals surface area contributed by atoms with Gasteiger partial charge in [0, 0.05) is 12.7 Å². The third-order valence-corrected chi connectivity index (χ3v) is 1.56. The van der Waals surface area contributed by atoms with Crippen LogP contribution in [-0.2, 0) is 16.4 Å². The molecule has 4 nitrogen and oxygen atoms in total. The zero-order chi connectivity index (χ0) is 9.68. The Hall–Kier alpha value is -1.42. The van der Waals surface area contributed by atoms with Gasteiger partial charge in [-0.15, -0.1) is 0 Å². The summed E-state index contributed by atoms with van der Waals surface area (Å²) < 4.78 is 0. The van der Waals surface area contributed by atoms with E-state index >= 15 is 0 Å². The Morgan fingerprint density at radius 1 is 1.54 bits per heavy atom. The van der Waals surface area contributed by atoms with Crippen LogP contribution in [0.25, 0.3) is 0 Å². The van der Waals surface area contributed by atoms with Crippen LogP contribution >= 0.6 is 0 Å². The maximum atomic E-state index is 10.2. The summed E-state index contributed by atoms with van der Waals surface area (Å²) in [7, 11) is 1.71. The Labute approximate surface area is 76.8 Å². The van der Waals surface area contributed by atoms with Crippen LogP contribution in [0.1, 0.15) is 5.69 Å². The average Bonchev–Trinajstić information content (AvgIpc) is 2.04. The number of aromatic nitrogens is 1. The lowest BCUT2D eigenvalue weighted by molar-refractivity contribution is -0.144. The molecule has 1 radical (unpaired) electrons. The van der Waals surface area contributed by atoms with Crippen molar-refractivity contribution in [3.8, 4) is 0 Å². The Bertz CT molecular complexity index is 274. The molecule has 0 aliphatic rings. The zero-order valence-electron chi connectivity index (χ0n) is 7.43. The van der Waals surface area contributed by atoms with Crippen LogP contribution < -0.4 is 0 Å². The van der Waals surface area contributed by atoms with Crippen LogP contribution in [0.15, 0.2) is 24.4 Å². The molecular weight excluding hydrogens is 168 g/mol. The molecule has 1 aromatic rings. The van der Waals surface area contributed by atoms with E-state index in [2.05, 4.69) is 4.98 Å². The minimum absolute atomic E-state index is 0.0728. The molecule has 1 aromatic heterocycles. The molecule has 0 aliphatic carbocycles. The first-order chi connectivity index (χ1) is 6.18. The van der Waals surface area contributed by atoms with E-state index in [1.54, 1.807) is 18.1 Å². The first-order valence-corrected chi connectivity index (χ1v) is 3.97. The molecule has 4 heteroatoms. The fourth-order valence-corrected chi connectivity index (χ4v) is 1.04. The lowest BCUT2D eigenvalue weighted by atomic mass is 10.3. The fraction of sp³-hybridized carbons (Fsp3) is 0.333. The number of carbonyl (C=O) groups is 1. The van der Waals surface area contributed by atoms with Gasteiger partial charge in [0.05, 0.1) is 5.69 Å². The predicted molar refractivity (Wildman–Crippen MR) is 46.3 cm³/mol. The maximum Gasteiger partial charge on any atom is 0.369 e. The van der Waals surface area contributed by atoms with Crippen molar-refractivity contribution >= 4 is 5.97 Å². The van der Waals surface area contributed by atoms with Gasteiger partial charge in [-0.2, -0.15) is 0 Å². The highest BCUT2D eigenvalue weighted by atomic mass is 16.4. The van der Waals surface area contributed by atoms with Gasteiger partial charge in [-0.1, -0.05) is 6.07 Å². The lowest BCUT2D eigenvalue weighted by Crippen LogP contribution is -2.24. The smallest absolute Gasteiger partial charge is 0.290 e. The standard InChI is InChI=1S/C9H11N2O2/c1-11(7-9(12)13)6-8-4-2-3-5-10-8/h2-5H,6-7H2,1H3. The summed E-state index contributed by atoms with van der Waals surface area (Å²) in [6.45, 7) is 0.450. The van der Waals surface area contributed by atoms with Gasteiger partial charge < -0.3 is 0 Å². The molecule has 0 spiro atoms. The molecule has 0 fully saturated rings. The SMILES string of the molecule is CN(CC([O])=O)Cc1ccccn1. The molecule has 13 heavy (non-hydrogen) atoms. The summed E-state index contributed by atoms with van der Waals surface area (Å²) >= 11 is 0. The number of hydrogen-bond donors (Lipinski definition) is 0. The maximum absolute atomic E-state index is 10.2. The fourth-order valence-electron chi connectivity index (χ4n) is 1.04. The van der Waals surface area contributed by atoms with Crippen LogP contribution in [0.4, 0.5) is 0 Å². The van der Waals surface area contributed by atoms with Crippen LogP contribution in [0.3, 0.4) is 0 Å². The molecule has 0 bridgehead atoms.